The van der Waals surface area contributed by atoms with Gasteiger partial charge in [-0.1, -0.05) is 29.5 Å². The fourth-order valence-corrected chi connectivity index (χ4v) is 6.64. The second kappa shape index (κ2) is 8.90. The number of ether oxygens (including phenoxy) is 2. The van der Waals surface area contributed by atoms with Crippen LogP contribution in [0.25, 0.3) is 32.5 Å². The summed E-state index contributed by atoms with van der Waals surface area (Å²) in [4.78, 5) is 0. The van der Waals surface area contributed by atoms with Crippen LogP contribution in [0, 0.1) is 0 Å². The van der Waals surface area contributed by atoms with Gasteiger partial charge in [0.05, 0.1) is 17.2 Å². The lowest BCUT2D eigenvalue weighted by atomic mass is 10.1. The van der Waals surface area contributed by atoms with Crippen LogP contribution in [0.3, 0.4) is 0 Å². The molecule has 0 amide bonds. The molecule has 0 radical (unpaired) electrons. The third-order valence-electron chi connectivity index (χ3n) is 5.48. The Bertz CT molecular complexity index is 1510. The Morgan fingerprint density at radius 3 is 2.91 bits per heavy atom. The molecule has 0 N–H and O–H groups in total. The summed E-state index contributed by atoms with van der Waals surface area (Å²) in [5.74, 6) is 1.29. The lowest BCUT2D eigenvalue weighted by Crippen LogP contribution is -2.36. The fourth-order valence-electron chi connectivity index (χ4n) is 4.00. The second-order valence-corrected chi connectivity index (χ2v) is 11.2. The van der Waals surface area contributed by atoms with Gasteiger partial charge in [-0.05, 0) is 35.2 Å². The molecule has 6 nitrogen and oxygen atoms in total. The standard InChI is InChI=1S/C24H21NO5S3/c1-29-20-14-21-23(24-18(20)9-11-31-24)25(10-4-12-33(26,27)28)22(32-21)8-7-16-13-17-5-2-3-6-19(17)30-15-16/h2-3,5-9,11,13-14H,4,10,12,15H2,1H3/b8-7+. The number of para-hydroxylation sites is 1. The van der Waals surface area contributed by atoms with Crippen molar-refractivity contribution in [3.05, 3.63) is 64.0 Å². The van der Waals surface area contributed by atoms with Gasteiger partial charge in [0.15, 0.2) is 6.54 Å². The van der Waals surface area contributed by atoms with Crippen molar-refractivity contribution in [2.24, 2.45) is 0 Å². The Kier molecular flexibility index (Phi) is 5.96. The highest BCUT2D eigenvalue weighted by Crippen LogP contribution is 2.38. The first-order valence-electron chi connectivity index (χ1n) is 10.4. The van der Waals surface area contributed by atoms with E-state index in [1.807, 2.05) is 53.9 Å². The number of fused-ring (bicyclic) bond motifs is 4. The van der Waals surface area contributed by atoms with E-state index in [-0.39, 0.29) is 12.2 Å². The van der Waals surface area contributed by atoms with Crippen LogP contribution in [0.1, 0.15) is 17.0 Å². The normalized spacial score (nSPS) is 13.9. The fraction of sp³-hybridized carbons (Fsp3) is 0.208. The van der Waals surface area contributed by atoms with Gasteiger partial charge >= 0.3 is 0 Å². The topological polar surface area (TPSA) is 79.5 Å². The zero-order valence-corrected chi connectivity index (χ0v) is 20.3. The molecule has 4 aromatic rings. The number of methoxy groups -OCH3 is 1. The summed E-state index contributed by atoms with van der Waals surface area (Å²) < 4.78 is 49.2. The highest BCUT2D eigenvalue weighted by molar-refractivity contribution is 7.85. The molecule has 1 aliphatic heterocycles. The number of aryl methyl sites for hydroxylation is 1. The van der Waals surface area contributed by atoms with E-state index < -0.39 is 10.1 Å². The molecule has 33 heavy (non-hydrogen) atoms. The van der Waals surface area contributed by atoms with Gasteiger partial charge in [-0.2, -0.15) is 4.57 Å². The Morgan fingerprint density at radius 2 is 2.09 bits per heavy atom. The molecule has 0 spiro atoms. The number of thiazole rings is 1. The molecule has 0 bridgehead atoms. The van der Waals surface area contributed by atoms with E-state index in [1.54, 1.807) is 29.8 Å². The minimum atomic E-state index is -4.26. The maximum Gasteiger partial charge on any atom is 0.262 e. The average Bonchev–Trinajstić information content (AvgIpc) is 3.41. The number of thiophene rings is 1. The molecule has 5 rings (SSSR count). The van der Waals surface area contributed by atoms with E-state index in [2.05, 4.69) is 10.6 Å². The molecule has 3 heterocycles. The number of rotatable bonds is 7. The summed E-state index contributed by atoms with van der Waals surface area (Å²) in [5.41, 5.74) is 3.12. The third kappa shape index (κ3) is 4.54. The van der Waals surface area contributed by atoms with Crippen LogP contribution >= 0.6 is 22.7 Å². The number of nitrogens with zero attached hydrogens (tertiary/aromatic N) is 1. The zero-order chi connectivity index (χ0) is 23.0. The first-order valence-corrected chi connectivity index (χ1v) is 13.6. The maximum atomic E-state index is 11.2. The van der Waals surface area contributed by atoms with E-state index in [4.69, 9.17) is 9.47 Å². The molecule has 2 aromatic carbocycles. The van der Waals surface area contributed by atoms with E-state index in [9.17, 15) is 13.0 Å². The third-order valence-corrected chi connectivity index (χ3v) is 8.29. The molecule has 170 valence electrons. The van der Waals surface area contributed by atoms with E-state index in [0.717, 1.165) is 47.9 Å². The van der Waals surface area contributed by atoms with Crippen LogP contribution < -0.4 is 14.0 Å². The summed E-state index contributed by atoms with van der Waals surface area (Å²) in [7, 11) is -2.60. The zero-order valence-electron chi connectivity index (χ0n) is 17.8. The van der Waals surface area contributed by atoms with Crippen molar-refractivity contribution < 1.29 is 27.0 Å². The van der Waals surface area contributed by atoms with Gasteiger partial charge in [-0.15, -0.1) is 11.3 Å². The van der Waals surface area contributed by atoms with Crippen LogP contribution in [0.5, 0.6) is 11.5 Å². The van der Waals surface area contributed by atoms with Crippen LogP contribution in [-0.2, 0) is 16.7 Å². The number of aromatic nitrogens is 1. The SMILES string of the molecule is COc1cc2sc(/C=C/C3=Cc4ccccc4OC3)[n+](CCCS(=O)(=O)[O-])c2c2sccc12. The summed E-state index contributed by atoms with van der Waals surface area (Å²) in [5, 5.41) is 4.01. The molecule has 0 saturated heterocycles. The summed E-state index contributed by atoms with van der Waals surface area (Å²) in [6.07, 6.45) is 6.43. The van der Waals surface area contributed by atoms with Crippen LogP contribution in [0.2, 0.25) is 0 Å². The molecule has 0 saturated carbocycles. The first kappa shape index (κ1) is 22.1. The van der Waals surface area contributed by atoms with Crippen LogP contribution in [0.4, 0.5) is 0 Å². The number of hydrogen-bond acceptors (Lipinski definition) is 7. The minimum absolute atomic E-state index is 0.251. The summed E-state index contributed by atoms with van der Waals surface area (Å²) in [6.45, 7) is 0.911. The number of benzene rings is 2. The molecule has 0 atom stereocenters. The number of hydrogen-bond donors (Lipinski definition) is 0. The molecule has 0 aliphatic carbocycles. The van der Waals surface area contributed by atoms with Crippen LogP contribution in [0.15, 0.2) is 53.4 Å². The van der Waals surface area contributed by atoms with Gasteiger partial charge in [-0.3, -0.25) is 0 Å². The van der Waals surface area contributed by atoms with Gasteiger partial charge in [0.1, 0.15) is 27.5 Å². The van der Waals surface area contributed by atoms with Gasteiger partial charge in [-0.25, -0.2) is 8.42 Å². The Morgan fingerprint density at radius 1 is 1.24 bits per heavy atom. The first-order chi connectivity index (χ1) is 15.9. The van der Waals surface area contributed by atoms with Crippen LogP contribution in [-0.4, -0.2) is 32.4 Å². The largest absolute Gasteiger partial charge is 0.748 e. The quantitative estimate of drug-likeness (QED) is 0.269. The van der Waals surface area contributed by atoms with E-state index >= 15 is 0 Å². The van der Waals surface area contributed by atoms with Crippen molar-refractivity contribution in [3.8, 4) is 11.5 Å². The van der Waals surface area contributed by atoms with Crippen molar-refractivity contribution in [1.29, 1.82) is 0 Å². The minimum Gasteiger partial charge on any atom is -0.748 e. The smallest absolute Gasteiger partial charge is 0.262 e. The van der Waals surface area contributed by atoms with Gasteiger partial charge < -0.3 is 14.0 Å². The van der Waals surface area contributed by atoms with Crippen molar-refractivity contribution in [2.45, 2.75) is 13.0 Å². The lowest BCUT2D eigenvalue weighted by molar-refractivity contribution is -0.667. The van der Waals surface area contributed by atoms with Gasteiger partial charge in [0.2, 0.25) is 5.52 Å². The van der Waals surface area contributed by atoms with Crippen molar-refractivity contribution in [1.82, 2.24) is 0 Å². The molecule has 1 aliphatic rings. The van der Waals surface area contributed by atoms with Crippen molar-refractivity contribution >= 4 is 65.2 Å². The summed E-state index contributed by atoms with van der Waals surface area (Å²) in [6, 6.07) is 12.0. The molecule has 0 unspecified atom stereocenters. The average molecular weight is 500 g/mol. The second-order valence-electron chi connectivity index (χ2n) is 7.68. The monoisotopic (exact) mass is 499 g/mol. The predicted molar refractivity (Wildman–Crippen MR) is 132 cm³/mol. The maximum absolute atomic E-state index is 11.2. The van der Waals surface area contributed by atoms with E-state index in [1.165, 1.54) is 0 Å². The predicted octanol–water partition coefficient (Wildman–Crippen LogP) is 4.84. The highest BCUT2D eigenvalue weighted by Gasteiger charge is 2.24. The van der Waals surface area contributed by atoms with Gasteiger partial charge in [0, 0.05) is 35.3 Å². The van der Waals surface area contributed by atoms with E-state index in [0.29, 0.717) is 13.2 Å². The molecule has 0 fully saturated rings. The Hall–Kier alpha value is -2.72. The lowest BCUT2D eigenvalue weighted by Gasteiger charge is -2.15. The van der Waals surface area contributed by atoms with Crippen molar-refractivity contribution in [2.75, 3.05) is 19.5 Å². The molecular formula is C24H21NO5S3. The highest BCUT2D eigenvalue weighted by atomic mass is 32.2. The molecule has 2 aromatic heterocycles. The summed E-state index contributed by atoms with van der Waals surface area (Å²) >= 11 is 3.23. The Labute approximate surface area is 199 Å². The Balaban J connectivity index is 1.58. The van der Waals surface area contributed by atoms with Gasteiger partial charge in [0.25, 0.3) is 5.01 Å². The van der Waals surface area contributed by atoms with Crippen molar-refractivity contribution in [3.63, 3.8) is 0 Å². The molecule has 9 heteroatoms. The molecular weight excluding hydrogens is 478 g/mol.